The Morgan fingerprint density at radius 3 is 2.11 bits per heavy atom. The number of nitrogens with one attached hydrogen (secondary N) is 1. The molecule has 1 aromatic heterocycles. The molecule has 19 heavy (non-hydrogen) atoms. The monoisotopic (exact) mass is 304 g/mol. The first-order chi connectivity index (χ1) is 8.61. The molecule has 0 aliphatic carbocycles. The number of halogens is 2. The molecule has 1 amide bonds. The zero-order chi connectivity index (χ0) is 14.8. The molecule has 5 nitrogen and oxygen atoms in total. The van der Waals surface area contributed by atoms with Crippen LogP contribution in [0.4, 0.5) is 0 Å². The zero-order valence-electron chi connectivity index (χ0n) is 10.7. The minimum Gasteiger partial charge on any atom is -0.480 e. The minimum atomic E-state index is -1.10. The number of carboxylic acid groups (broad SMARTS) is 1. The van der Waals surface area contributed by atoms with Crippen molar-refractivity contribution in [1.82, 2.24) is 10.3 Å². The molecule has 0 unspecified atom stereocenters. The highest BCUT2D eigenvalue weighted by Gasteiger charge is 2.32. The third kappa shape index (κ3) is 4.36. The number of aliphatic carboxylic acids is 1. The van der Waals surface area contributed by atoms with Crippen molar-refractivity contribution >= 4 is 35.1 Å². The van der Waals surface area contributed by atoms with E-state index < -0.39 is 23.3 Å². The fraction of sp³-hybridized carbons (Fsp3) is 0.417. The lowest BCUT2D eigenvalue weighted by molar-refractivity contribution is -0.142. The zero-order valence-corrected chi connectivity index (χ0v) is 12.2. The average molecular weight is 305 g/mol. The first-order valence-electron chi connectivity index (χ1n) is 5.48. The lowest BCUT2D eigenvalue weighted by Gasteiger charge is -2.27. The molecule has 2 N–H and O–H groups in total. The normalized spacial score (nSPS) is 12.9. The summed E-state index contributed by atoms with van der Waals surface area (Å²) >= 11 is 11.4. The second-order valence-electron chi connectivity index (χ2n) is 5.11. The predicted octanol–water partition coefficient (Wildman–Crippen LogP) is 2.62. The number of amides is 1. The summed E-state index contributed by atoms with van der Waals surface area (Å²) in [5.41, 5.74) is -0.456. The largest absolute Gasteiger partial charge is 0.480 e. The van der Waals surface area contributed by atoms with Crippen LogP contribution in [0.25, 0.3) is 0 Å². The quantitative estimate of drug-likeness (QED) is 0.841. The maximum absolute atomic E-state index is 12.0. The molecule has 0 aliphatic heterocycles. The summed E-state index contributed by atoms with van der Waals surface area (Å²) in [6.07, 6.45) is 0. The van der Waals surface area contributed by atoms with Crippen molar-refractivity contribution in [2.75, 3.05) is 0 Å². The third-order valence-electron chi connectivity index (χ3n) is 2.41. The van der Waals surface area contributed by atoms with Gasteiger partial charge in [-0.3, -0.25) is 4.79 Å². The fourth-order valence-electron chi connectivity index (χ4n) is 1.46. The van der Waals surface area contributed by atoms with Gasteiger partial charge in [0.25, 0.3) is 5.91 Å². The molecule has 1 aromatic rings. The lowest BCUT2D eigenvalue weighted by atomic mass is 9.86. The molecule has 0 saturated carbocycles. The van der Waals surface area contributed by atoms with Gasteiger partial charge >= 0.3 is 5.97 Å². The number of nitrogens with zero attached hydrogens (tertiary/aromatic N) is 1. The molecule has 0 fully saturated rings. The van der Waals surface area contributed by atoms with Crippen molar-refractivity contribution in [1.29, 1.82) is 0 Å². The Kier molecular flexibility index (Phi) is 4.76. The Hall–Kier alpha value is -1.33. The average Bonchev–Trinajstić information content (AvgIpc) is 2.21. The van der Waals surface area contributed by atoms with Gasteiger partial charge in [0.1, 0.15) is 16.3 Å². The van der Waals surface area contributed by atoms with Gasteiger partial charge in [0, 0.05) is 5.56 Å². The number of carbonyl (C=O) groups is 2. The van der Waals surface area contributed by atoms with Crippen molar-refractivity contribution < 1.29 is 14.7 Å². The van der Waals surface area contributed by atoms with Crippen molar-refractivity contribution in [3.8, 4) is 0 Å². The SMILES string of the molecule is CC(C)(C)[C@@H](NC(=O)c1cc(Cl)nc(Cl)c1)C(=O)O. The number of hydrogen-bond acceptors (Lipinski definition) is 3. The van der Waals surface area contributed by atoms with E-state index in [0.29, 0.717) is 0 Å². The molecular formula is C12H14Cl2N2O3. The van der Waals surface area contributed by atoms with E-state index in [0.717, 1.165) is 0 Å². The predicted molar refractivity (Wildman–Crippen MR) is 72.6 cm³/mol. The highest BCUT2D eigenvalue weighted by atomic mass is 35.5. The van der Waals surface area contributed by atoms with Crippen LogP contribution < -0.4 is 5.32 Å². The van der Waals surface area contributed by atoms with Gasteiger partial charge in [0.15, 0.2) is 0 Å². The molecule has 0 saturated heterocycles. The maximum atomic E-state index is 12.0. The first-order valence-corrected chi connectivity index (χ1v) is 6.23. The van der Waals surface area contributed by atoms with E-state index in [1.807, 2.05) is 0 Å². The maximum Gasteiger partial charge on any atom is 0.326 e. The van der Waals surface area contributed by atoms with Gasteiger partial charge in [-0.2, -0.15) is 0 Å². The van der Waals surface area contributed by atoms with Crippen molar-refractivity contribution in [2.45, 2.75) is 26.8 Å². The second kappa shape index (κ2) is 5.75. The van der Waals surface area contributed by atoms with Gasteiger partial charge in [-0.15, -0.1) is 0 Å². The number of pyridine rings is 1. The Morgan fingerprint density at radius 2 is 1.74 bits per heavy atom. The summed E-state index contributed by atoms with van der Waals surface area (Å²) in [6, 6.07) is 1.63. The van der Waals surface area contributed by atoms with Crippen molar-refractivity contribution in [2.24, 2.45) is 5.41 Å². The van der Waals surface area contributed by atoms with Crippen LogP contribution >= 0.6 is 23.2 Å². The highest BCUT2D eigenvalue weighted by molar-refractivity contribution is 6.33. The Morgan fingerprint density at radius 1 is 1.26 bits per heavy atom. The van der Waals surface area contributed by atoms with Gasteiger partial charge in [-0.05, 0) is 17.5 Å². The van der Waals surface area contributed by atoms with Crippen LogP contribution in [0.15, 0.2) is 12.1 Å². The molecule has 0 aromatic carbocycles. The molecule has 0 radical (unpaired) electrons. The first kappa shape index (κ1) is 15.7. The summed E-state index contributed by atoms with van der Waals surface area (Å²) < 4.78 is 0. The van der Waals surface area contributed by atoms with Crippen LogP contribution in [-0.2, 0) is 4.79 Å². The Labute approximate surface area is 120 Å². The van der Waals surface area contributed by atoms with Gasteiger partial charge in [-0.1, -0.05) is 44.0 Å². The minimum absolute atomic E-state index is 0.0697. The van der Waals surface area contributed by atoms with Crippen LogP contribution in [-0.4, -0.2) is 28.0 Å². The molecule has 1 heterocycles. The van der Waals surface area contributed by atoms with Gasteiger partial charge in [0.05, 0.1) is 0 Å². The van der Waals surface area contributed by atoms with Crippen molar-refractivity contribution in [3.05, 3.63) is 28.0 Å². The van der Waals surface area contributed by atoms with Crippen LogP contribution in [0, 0.1) is 5.41 Å². The van der Waals surface area contributed by atoms with E-state index in [9.17, 15) is 9.59 Å². The molecule has 0 aliphatic rings. The molecule has 7 heteroatoms. The molecule has 0 bridgehead atoms. The molecule has 104 valence electrons. The number of carbonyl (C=O) groups excluding carboxylic acids is 1. The van der Waals surface area contributed by atoms with Crippen molar-refractivity contribution in [3.63, 3.8) is 0 Å². The van der Waals surface area contributed by atoms with Gasteiger partial charge < -0.3 is 10.4 Å². The lowest BCUT2D eigenvalue weighted by Crippen LogP contribution is -2.49. The Balaban J connectivity index is 2.97. The molecule has 1 rings (SSSR count). The molecule has 0 spiro atoms. The van der Waals surface area contributed by atoms with E-state index in [2.05, 4.69) is 10.3 Å². The smallest absolute Gasteiger partial charge is 0.326 e. The summed E-state index contributed by atoms with van der Waals surface area (Å²) in [5.74, 6) is -1.67. The van der Waals surface area contributed by atoms with E-state index in [1.54, 1.807) is 20.8 Å². The summed E-state index contributed by atoms with van der Waals surface area (Å²) in [7, 11) is 0. The molecule has 1 atom stereocenters. The number of hydrogen-bond donors (Lipinski definition) is 2. The second-order valence-corrected chi connectivity index (χ2v) is 5.89. The van der Waals surface area contributed by atoms with Crippen LogP contribution in [0.3, 0.4) is 0 Å². The van der Waals surface area contributed by atoms with E-state index >= 15 is 0 Å². The van der Waals surface area contributed by atoms with E-state index in [1.165, 1.54) is 12.1 Å². The topological polar surface area (TPSA) is 79.3 Å². The van der Waals surface area contributed by atoms with Crippen LogP contribution in [0.1, 0.15) is 31.1 Å². The number of aromatic nitrogens is 1. The highest BCUT2D eigenvalue weighted by Crippen LogP contribution is 2.21. The van der Waals surface area contributed by atoms with Crippen LogP contribution in [0.2, 0.25) is 10.3 Å². The number of carboxylic acids is 1. The number of rotatable bonds is 3. The summed E-state index contributed by atoms with van der Waals surface area (Å²) in [4.78, 5) is 26.9. The summed E-state index contributed by atoms with van der Waals surface area (Å²) in [6.45, 7) is 5.16. The fourth-order valence-corrected chi connectivity index (χ4v) is 1.92. The van der Waals surface area contributed by atoms with E-state index in [-0.39, 0.29) is 15.9 Å². The van der Waals surface area contributed by atoms with E-state index in [4.69, 9.17) is 28.3 Å². The summed E-state index contributed by atoms with van der Waals surface area (Å²) in [5, 5.41) is 11.7. The van der Waals surface area contributed by atoms with Gasteiger partial charge in [0.2, 0.25) is 0 Å². The van der Waals surface area contributed by atoms with Crippen LogP contribution in [0.5, 0.6) is 0 Å². The standard InChI is InChI=1S/C12H14Cl2N2O3/c1-12(2,3)9(11(18)19)16-10(17)6-4-7(13)15-8(14)5-6/h4-5,9H,1-3H3,(H,16,17)(H,18,19)/t9-/m0/s1. The molecular weight excluding hydrogens is 291 g/mol. The third-order valence-corrected chi connectivity index (χ3v) is 2.80. The van der Waals surface area contributed by atoms with Gasteiger partial charge in [-0.25, -0.2) is 9.78 Å². The Bertz CT molecular complexity index is 492.